The highest BCUT2D eigenvalue weighted by molar-refractivity contribution is 5.93. The number of ether oxygens (including phenoxy) is 1. The molecule has 1 aromatic rings. The fraction of sp³-hybridized carbons (Fsp3) is 0.500. The molecule has 2 aliphatic rings. The number of carbonyl (C=O) groups excluding carboxylic acids is 1. The quantitative estimate of drug-likeness (QED) is 0.675. The van der Waals surface area contributed by atoms with Crippen LogP contribution in [-0.4, -0.2) is 35.8 Å². The van der Waals surface area contributed by atoms with Crippen molar-refractivity contribution >= 4 is 5.91 Å². The minimum atomic E-state index is -0.537. The predicted octanol–water partition coefficient (Wildman–Crippen LogP) is 0.203. The summed E-state index contributed by atoms with van der Waals surface area (Å²) in [5.41, 5.74) is 6.10. The van der Waals surface area contributed by atoms with E-state index >= 15 is 0 Å². The highest BCUT2D eigenvalue weighted by Gasteiger charge is 2.44. The molecule has 4 N–H and O–H groups in total. The molecule has 0 aromatic heterocycles. The lowest BCUT2D eigenvalue weighted by atomic mass is 9.81. The average molecular weight is 262 g/mol. The van der Waals surface area contributed by atoms with Crippen molar-refractivity contribution in [3.63, 3.8) is 0 Å². The lowest BCUT2D eigenvalue weighted by molar-refractivity contribution is -0.0841. The van der Waals surface area contributed by atoms with Gasteiger partial charge in [0.15, 0.2) is 0 Å². The topological polar surface area (TPSA) is 84.6 Å². The summed E-state index contributed by atoms with van der Waals surface area (Å²) in [4.78, 5) is 11.2. The lowest BCUT2D eigenvalue weighted by Gasteiger charge is -2.45. The van der Waals surface area contributed by atoms with Gasteiger partial charge in [-0.05, 0) is 36.9 Å². The molecule has 2 aliphatic heterocycles. The number of piperidine rings is 1. The maximum Gasteiger partial charge on any atom is 0.248 e. The van der Waals surface area contributed by atoms with Gasteiger partial charge in [0.05, 0.1) is 6.10 Å². The fourth-order valence-electron chi connectivity index (χ4n) is 2.96. The summed E-state index contributed by atoms with van der Waals surface area (Å²) in [5, 5.41) is 13.7. The van der Waals surface area contributed by atoms with Gasteiger partial charge in [-0.25, -0.2) is 0 Å². The number of nitrogens with two attached hydrogens (primary N) is 1. The summed E-state index contributed by atoms with van der Waals surface area (Å²) < 4.78 is 6.07. The molecule has 1 fully saturated rings. The largest absolute Gasteiger partial charge is 0.484 e. The lowest BCUT2D eigenvalue weighted by Crippen LogP contribution is -2.56. The Kier molecular flexibility index (Phi) is 2.95. The van der Waals surface area contributed by atoms with Crippen LogP contribution in [0.25, 0.3) is 0 Å². The van der Waals surface area contributed by atoms with Gasteiger partial charge in [-0.2, -0.15) is 0 Å². The van der Waals surface area contributed by atoms with Gasteiger partial charge in [0.2, 0.25) is 5.91 Å². The Balaban J connectivity index is 1.93. The molecule has 5 nitrogen and oxygen atoms in total. The molecule has 102 valence electrons. The second-order valence-corrected chi connectivity index (χ2v) is 5.32. The Morgan fingerprint density at radius 3 is 2.84 bits per heavy atom. The third-order valence-electron chi connectivity index (χ3n) is 4.13. The van der Waals surface area contributed by atoms with E-state index in [1.807, 2.05) is 0 Å². The van der Waals surface area contributed by atoms with E-state index in [0.717, 1.165) is 37.2 Å². The molecule has 1 amide bonds. The van der Waals surface area contributed by atoms with Crippen molar-refractivity contribution in [3.8, 4) is 5.75 Å². The molecule has 5 heteroatoms. The zero-order valence-corrected chi connectivity index (χ0v) is 10.7. The van der Waals surface area contributed by atoms with Crippen LogP contribution >= 0.6 is 0 Å². The average Bonchev–Trinajstić information content (AvgIpc) is 2.40. The number of aliphatic hydroxyl groups is 1. The molecule has 19 heavy (non-hydrogen) atoms. The summed E-state index contributed by atoms with van der Waals surface area (Å²) in [6.45, 7) is 1.71. The molecule has 2 heterocycles. The van der Waals surface area contributed by atoms with Crippen molar-refractivity contribution in [1.82, 2.24) is 5.32 Å². The van der Waals surface area contributed by atoms with Crippen LogP contribution in [0.2, 0.25) is 0 Å². The van der Waals surface area contributed by atoms with Crippen molar-refractivity contribution in [2.75, 3.05) is 13.1 Å². The van der Waals surface area contributed by atoms with Crippen molar-refractivity contribution in [3.05, 3.63) is 29.3 Å². The third kappa shape index (κ3) is 2.09. The van der Waals surface area contributed by atoms with Gasteiger partial charge in [-0.15, -0.1) is 0 Å². The second kappa shape index (κ2) is 4.51. The molecule has 1 spiro atoms. The van der Waals surface area contributed by atoms with E-state index in [4.69, 9.17) is 10.5 Å². The zero-order valence-electron chi connectivity index (χ0n) is 10.7. The summed E-state index contributed by atoms with van der Waals surface area (Å²) in [7, 11) is 0. The smallest absolute Gasteiger partial charge is 0.248 e. The molecule has 1 atom stereocenters. The Labute approximate surface area is 111 Å². The van der Waals surface area contributed by atoms with Gasteiger partial charge in [0, 0.05) is 24.8 Å². The number of amides is 1. The van der Waals surface area contributed by atoms with Crippen LogP contribution in [-0.2, 0) is 6.42 Å². The van der Waals surface area contributed by atoms with Gasteiger partial charge in [0.25, 0.3) is 0 Å². The molecule has 0 saturated carbocycles. The highest BCUT2D eigenvalue weighted by Crippen LogP contribution is 2.38. The maximum absolute atomic E-state index is 11.2. The SMILES string of the molecule is NC(=O)c1ccc2c(c1)CC(O)C1(CCNCC1)O2. The summed E-state index contributed by atoms with van der Waals surface area (Å²) in [6, 6.07) is 5.17. The number of nitrogens with one attached hydrogen (secondary N) is 1. The number of aliphatic hydroxyl groups excluding tert-OH is 1. The number of hydrogen-bond acceptors (Lipinski definition) is 4. The van der Waals surface area contributed by atoms with Crippen LogP contribution in [0, 0.1) is 0 Å². The maximum atomic E-state index is 11.2. The van der Waals surface area contributed by atoms with Crippen molar-refractivity contribution < 1.29 is 14.6 Å². The van der Waals surface area contributed by atoms with Gasteiger partial charge >= 0.3 is 0 Å². The van der Waals surface area contributed by atoms with Gasteiger partial charge in [-0.1, -0.05) is 0 Å². The molecule has 1 aromatic carbocycles. The van der Waals surface area contributed by atoms with Crippen LogP contribution < -0.4 is 15.8 Å². The molecule has 0 aliphatic carbocycles. The van der Waals surface area contributed by atoms with E-state index in [1.54, 1.807) is 18.2 Å². The fourth-order valence-corrected chi connectivity index (χ4v) is 2.96. The van der Waals surface area contributed by atoms with Crippen LogP contribution in [0.15, 0.2) is 18.2 Å². The van der Waals surface area contributed by atoms with Crippen molar-refractivity contribution in [2.24, 2.45) is 5.73 Å². The number of hydrogen-bond donors (Lipinski definition) is 3. The van der Waals surface area contributed by atoms with Gasteiger partial charge in [0.1, 0.15) is 11.4 Å². The first kappa shape index (κ1) is 12.4. The van der Waals surface area contributed by atoms with E-state index in [0.29, 0.717) is 12.0 Å². The number of rotatable bonds is 1. The van der Waals surface area contributed by atoms with Gasteiger partial charge in [-0.3, -0.25) is 4.79 Å². The molecule has 1 saturated heterocycles. The van der Waals surface area contributed by atoms with Crippen LogP contribution in [0.5, 0.6) is 5.75 Å². The molecule has 1 unspecified atom stereocenters. The molecule has 3 rings (SSSR count). The minimum Gasteiger partial charge on any atom is -0.484 e. The first-order valence-electron chi connectivity index (χ1n) is 6.61. The summed E-state index contributed by atoms with van der Waals surface area (Å²) in [6.07, 6.45) is 1.57. The molecular formula is C14H18N2O3. The normalized spacial score (nSPS) is 24.6. The Morgan fingerprint density at radius 2 is 2.16 bits per heavy atom. The van der Waals surface area contributed by atoms with Crippen LogP contribution in [0.4, 0.5) is 0 Å². The number of primary amides is 1. The first-order chi connectivity index (χ1) is 9.11. The van der Waals surface area contributed by atoms with E-state index in [-0.39, 0.29) is 0 Å². The Morgan fingerprint density at radius 1 is 1.42 bits per heavy atom. The Hall–Kier alpha value is -1.59. The van der Waals surface area contributed by atoms with E-state index < -0.39 is 17.6 Å². The van der Waals surface area contributed by atoms with Gasteiger partial charge < -0.3 is 20.9 Å². The van der Waals surface area contributed by atoms with Crippen molar-refractivity contribution in [2.45, 2.75) is 31.0 Å². The van der Waals surface area contributed by atoms with Crippen LogP contribution in [0.3, 0.4) is 0 Å². The van der Waals surface area contributed by atoms with E-state index in [1.165, 1.54) is 0 Å². The summed E-state index contributed by atoms with van der Waals surface area (Å²) in [5.74, 6) is 0.302. The standard InChI is InChI=1S/C14H18N2O3/c15-13(18)9-1-2-11-10(7-9)8-12(17)14(19-11)3-5-16-6-4-14/h1-2,7,12,16-17H,3-6,8H2,(H2,15,18). The minimum absolute atomic E-state index is 0.454. The second-order valence-electron chi connectivity index (χ2n) is 5.32. The number of carbonyl (C=O) groups is 1. The third-order valence-corrected chi connectivity index (χ3v) is 4.13. The molecule has 0 bridgehead atoms. The summed E-state index contributed by atoms with van der Waals surface area (Å²) >= 11 is 0. The van der Waals surface area contributed by atoms with E-state index in [9.17, 15) is 9.90 Å². The van der Waals surface area contributed by atoms with E-state index in [2.05, 4.69) is 5.32 Å². The molecule has 0 radical (unpaired) electrons. The monoisotopic (exact) mass is 262 g/mol. The molecular weight excluding hydrogens is 244 g/mol. The highest BCUT2D eigenvalue weighted by atomic mass is 16.5. The zero-order chi connectivity index (χ0) is 13.5. The van der Waals surface area contributed by atoms with Crippen LogP contribution in [0.1, 0.15) is 28.8 Å². The Bertz CT molecular complexity index is 509. The number of benzene rings is 1. The predicted molar refractivity (Wildman–Crippen MR) is 70.1 cm³/mol. The number of fused-ring (bicyclic) bond motifs is 1. The first-order valence-corrected chi connectivity index (χ1v) is 6.61. The van der Waals surface area contributed by atoms with Crippen molar-refractivity contribution in [1.29, 1.82) is 0 Å².